The third-order valence-electron chi connectivity index (χ3n) is 6.71. The molecule has 4 rings (SSSR count). The van der Waals surface area contributed by atoms with E-state index in [1.807, 2.05) is 0 Å². The van der Waals surface area contributed by atoms with Gasteiger partial charge in [0, 0.05) is 39.2 Å². The maximum Gasteiger partial charge on any atom is 0.434 e. The van der Waals surface area contributed by atoms with Crippen LogP contribution in [-0.4, -0.2) is 89.1 Å². The van der Waals surface area contributed by atoms with Gasteiger partial charge in [0.2, 0.25) is 0 Å². The van der Waals surface area contributed by atoms with E-state index < -0.39 is 47.0 Å². The lowest BCUT2D eigenvalue weighted by Gasteiger charge is -2.37. The number of likely N-dealkylation sites (tertiary alicyclic amines) is 1. The summed E-state index contributed by atoms with van der Waals surface area (Å²) in [6, 6.07) is -0.922. The summed E-state index contributed by atoms with van der Waals surface area (Å²) in [7, 11) is 1.35. The number of aromatic amines is 1. The predicted octanol–water partition coefficient (Wildman–Crippen LogP) is 2.31. The monoisotopic (exact) mass is 579 g/mol. The van der Waals surface area contributed by atoms with E-state index in [4.69, 9.17) is 9.47 Å². The van der Waals surface area contributed by atoms with Crippen molar-refractivity contribution in [2.24, 2.45) is 0 Å². The molecule has 2 saturated heterocycles. The molecule has 220 valence electrons. The number of ether oxygens (including phenoxy) is 2. The molecule has 2 N–H and O–H groups in total. The largest absolute Gasteiger partial charge is 0.434 e. The van der Waals surface area contributed by atoms with Crippen LogP contribution in [0, 0.1) is 0 Å². The zero-order valence-electron chi connectivity index (χ0n) is 21.3. The normalized spacial score (nSPS) is 19.8. The summed E-state index contributed by atoms with van der Waals surface area (Å²) < 4.78 is 89.2. The van der Waals surface area contributed by atoms with Gasteiger partial charge in [-0.3, -0.25) is 9.59 Å². The van der Waals surface area contributed by atoms with Crippen molar-refractivity contribution in [3.8, 4) is 0 Å². The zero-order chi connectivity index (χ0) is 29.1. The van der Waals surface area contributed by atoms with Gasteiger partial charge in [-0.2, -0.15) is 31.4 Å². The Morgan fingerprint density at radius 3 is 2.33 bits per heavy atom. The Balaban J connectivity index is 1.31. The molecule has 0 aliphatic carbocycles. The number of anilines is 2. The van der Waals surface area contributed by atoms with Crippen LogP contribution < -0.4 is 15.8 Å². The number of carbonyl (C=O) groups excluding carboxylic acids is 1. The molecule has 2 aromatic rings. The molecule has 2 aliphatic rings. The second-order valence-corrected chi connectivity index (χ2v) is 9.40. The molecule has 11 nitrogen and oxygen atoms in total. The van der Waals surface area contributed by atoms with Gasteiger partial charge in [-0.15, -0.1) is 0 Å². The van der Waals surface area contributed by atoms with Crippen molar-refractivity contribution < 1.29 is 40.6 Å². The Morgan fingerprint density at radius 1 is 1.00 bits per heavy atom. The zero-order valence-corrected chi connectivity index (χ0v) is 21.3. The van der Waals surface area contributed by atoms with Crippen LogP contribution in [0.15, 0.2) is 23.4 Å². The van der Waals surface area contributed by atoms with E-state index in [0.29, 0.717) is 50.9 Å². The van der Waals surface area contributed by atoms with Crippen molar-refractivity contribution in [1.29, 1.82) is 0 Å². The van der Waals surface area contributed by atoms with Crippen LogP contribution >= 0.6 is 0 Å². The van der Waals surface area contributed by atoms with E-state index in [1.54, 1.807) is 14.9 Å². The van der Waals surface area contributed by atoms with Gasteiger partial charge >= 0.3 is 12.4 Å². The molecular formula is C23H27F6N7O4. The summed E-state index contributed by atoms with van der Waals surface area (Å²) in [5.74, 6) is 0.0686. The number of piperidine rings is 1. The van der Waals surface area contributed by atoms with Crippen LogP contribution in [0.2, 0.25) is 0 Å². The number of H-pyrrole nitrogens is 1. The highest BCUT2D eigenvalue weighted by Crippen LogP contribution is 2.32. The van der Waals surface area contributed by atoms with Crippen LogP contribution in [0.1, 0.15) is 30.5 Å². The molecule has 0 saturated carbocycles. The standard InChI is InChI=1S/C23H27F6N7O4/c1-39-11-13(33-15-8-32-34-20(37)19(15)23(27,28)29)12-40-16-4-7-36(21(16)38)14-2-5-35(6-3-14)18-10-30-17(9-31-18)22(24,25)26/h8-10,13-14,16H,2-7,11-12H2,1H3,(H2,33,34,37)/t13-,16+/m0/s1. The molecule has 0 unspecified atom stereocenters. The van der Waals surface area contributed by atoms with Gasteiger partial charge in [0.15, 0.2) is 5.69 Å². The predicted molar refractivity (Wildman–Crippen MR) is 127 cm³/mol. The topological polar surface area (TPSA) is 126 Å². The lowest BCUT2D eigenvalue weighted by molar-refractivity contribution is -0.141. The lowest BCUT2D eigenvalue weighted by Crippen LogP contribution is -2.47. The fourth-order valence-corrected chi connectivity index (χ4v) is 4.80. The number of alkyl halides is 6. The van der Waals surface area contributed by atoms with Crippen molar-refractivity contribution in [2.75, 3.05) is 50.2 Å². The van der Waals surface area contributed by atoms with Crippen LogP contribution in [0.5, 0.6) is 0 Å². The lowest BCUT2D eigenvalue weighted by atomic mass is 10.0. The minimum Gasteiger partial charge on any atom is -0.382 e. The summed E-state index contributed by atoms with van der Waals surface area (Å²) in [5, 5.41) is 7.77. The molecule has 0 aromatic carbocycles. The molecule has 40 heavy (non-hydrogen) atoms. The van der Waals surface area contributed by atoms with E-state index in [-0.39, 0.29) is 25.2 Å². The van der Waals surface area contributed by atoms with Crippen molar-refractivity contribution in [1.82, 2.24) is 25.1 Å². The molecule has 4 heterocycles. The van der Waals surface area contributed by atoms with E-state index in [9.17, 15) is 35.9 Å². The Kier molecular flexibility index (Phi) is 8.82. The molecule has 2 atom stereocenters. The molecule has 1 amide bonds. The average molecular weight is 580 g/mol. The van der Waals surface area contributed by atoms with Gasteiger partial charge < -0.3 is 24.6 Å². The minimum absolute atomic E-state index is 0.0694. The molecule has 0 radical (unpaired) electrons. The first kappa shape index (κ1) is 29.5. The number of hydrogen-bond acceptors (Lipinski definition) is 9. The molecule has 2 aromatic heterocycles. The first-order chi connectivity index (χ1) is 18.9. The maximum absolute atomic E-state index is 13.4. The second kappa shape index (κ2) is 12.0. The van der Waals surface area contributed by atoms with Crippen molar-refractivity contribution >= 4 is 17.4 Å². The Morgan fingerprint density at radius 2 is 1.73 bits per heavy atom. The van der Waals surface area contributed by atoms with Crippen LogP contribution in [0.4, 0.5) is 37.8 Å². The number of nitrogens with zero attached hydrogens (tertiary/aromatic N) is 5. The number of methoxy groups -OCH3 is 1. The van der Waals surface area contributed by atoms with Crippen molar-refractivity contribution in [3.05, 3.63) is 40.2 Å². The SMILES string of the molecule is COC[C@@H](CO[C@@H]1CCN(C2CCN(c3cnc(C(F)(F)F)cn3)CC2)C1=O)Nc1cn[nH]c(=O)c1C(F)(F)F. The summed E-state index contributed by atoms with van der Waals surface area (Å²) in [5.41, 5.74) is -4.43. The van der Waals surface area contributed by atoms with Crippen molar-refractivity contribution in [3.63, 3.8) is 0 Å². The van der Waals surface area contributed by atoms with Gasteiger partial charge in [-0.05, 0) is 12.8 Å². The number of halogens is 6. The van der Waals surface area contributed by atoms with E-state index in [0.717, 1.165) is 12.4 Å². The van der Waals surface area contributed by atoms with Gasteiger partial charge in [-0.25, -0.2) is 15.1 Å². The highest BCUT2D eigenvalue weighted by molar-refractivity contribution is 5.83. The number of hydrogen-bond donors (Lipinski definition) is 2. The molecule has 17 heteroatoms. The molecule has 0 bridgehead atoms. The number of carbonyl (C=O) groups is 1. The van der Waals surface area contributed by atoms with Crippen LogP contribution in [0.25, 0.3) is 0 Å². The summed E-state index contributed by atoms with van der Waals surface area (Å²) in [6.45, 7) is 1.11. The molecular weight excluding hydrogens is 552 g/mol. The maximum atomic E-state index is 13.4. The minimum atomic E-state index is -4.92. The highest BCUT2D eigenvalue weighted by atomic mass is 19.4. The first-order valence-electron chi connectivity index (χ1n) is 12.3. The number of nitrogens with one attached hydrogen (secondary N) is 2. The average Bonchev–Trinajstić information content (AvgIpc) is 3.26. The van der Waals surface area contributed by atoms with Gasteiger partial charge in [0.05, 0.1) is 43.5 Å². The van der Waals surface area contributed by atoms with Crippen LogP contribution in [-0.2, 0) is 26.6 Å². The highest BCUT2D eigenvalue weighted by Gasteiger charge is 2.40. The first-order valence-corrected chi connectivity index (χ1v) is 12.3. The van der Waals surface area contributed by atoms with Gasteiger partial charge in [0.1, 0.15) is 17.5 Å². The fourth-order valence-electron chi connectivity index (χ4n) is 4.80. The van der Waals surface area contributed by atoms with Gasteiger partial charge in [0.25, 0.3) is 11.5 Å². The Bertz CT molecular complexity index is 1220. The van der Waals surface area contributed by atoms with E-state index in [2.05, 4.69) is 20.4 Å². The van der Waals surface area contributed by atoms with E-state index >= 15 is 0 Å². The molecule has 2 aliphatic heterocycles. The third kappa shape index (κ3) is 6.80. The molecule has 0 spiro atoms. The number of amides is 1. The molecule has 2 fully saturated rings. The summed E-state index contributed by atoms with van der Waals surface area (Å²) in [6.07, 6.45) is -6.19. The van der Waals surface area contributed by atoms with Crippen LogP contribution in [0.3, 0.4) is 0 Å². The van der Waals surface area contributed by atoms with E-state index in [1.165, 1.54) is 7.11 Å². The smallest absolute Gasteiger partial charge is 0.382 e. The summed E-state index contributed by atoms with van der Waals surface area (Å²) >= 11 is 0. The third-order valence-corrected chi connectivity index (χ3v) is 6.71. The Hall–Kier alpha value is -3.47. The second-order valence-electron chi connectivity index (χ2n) is 9.40. The Labute approximate surface area is 223 Å². The fraction of sp³-hybridized carbons (Fsp3) is 0.609. The summed E-state index contributed by atoms with van der Waals surface area (Å²) in [4.78, 5) is 35.6. The van der Waals surface area contributed by atoms with Crippen molar-refractivity contribution in [2.45, 2.75) is 49.8 Å². The number of rotatable bonds is 9. The number of aromatic nitrogens is 4. The quantitative estimate of drug-likeness (QED) is 0.431. The van der Waals surface area contributed by atoms with Gasteiger partial charge in [-0.1, -0.05) is 0 Å².